The van der Waals surface area contributed by atoms with Crippen LogP contribution in [0.1, 0.15) is 37.5 Å². The van der Waals surface area contributed by atoms with E-state index in [4.69, 9.17) is 9.73 Å². The highest BCUT2D eigenvalue weighted by Crippen LogP contribution is 2.42. The molecule has 0 N–H and O–H groups in total. The molecule has 0 saturated heterocycles. The topological polar surface area (TPSA) is 64.7 Å². The van der Waals surface area contributed by atoms with Gasteiger partial charge in [-0.25, -0.2) is 4.99 Å². The van der Waals surface area contributed by atoms with Gasteiger partial charge in [0.05, 0.1) is 10.6 Å². The van der Waals surface area contributed by atoms with Gasteiger partial charge in [0.2, 0.25) is 5.90 Å². The Morgan fingerprint density at radius 1 is 0.867 bits per heavy atom. The molecule has 0 fully saturated rings. The molecule has 5 heteroatoms. The summed E-state index contributed by atoms with van der Waals surface area (Å²) in [5, 5.41) is 11.1. The van der Waals surface area contributed by atoms with Crippen LogP contribution in [0.2, 0.25) is 0 Å². The molecule has 0 atom stereocenters. The molecular weight excluding hydrogens is 376 g/mol. The van der Waals surface area contributed by atoms with Crippen LogP contribution in [0.15, 0.2) is 83.9 Å². The summed E-state index contributed by atoms with van der Waals surface area (Å²) in [7, 11) is 0. The smallest absolute Gasteiger partial charge is 0.269 e. The molecule has 4 rings (SSSR count). The Labute approximate surface area is 175 Å². The monoisotopic (exact) mass is 398 g/mol. The van der Waals surface area contributed by atoms with Crippen molar-refractivity contribution in [2.45, 2.75) is 20.8 Å². The molecule has 0 amide bonds. The predicted molar refractivity (Wildman–Crippen MR) is 120 cm³/mol. The average Bonchev–Trinajstić information content (AvgIpc) is 2.74. The van der Waals surface area contributed by atoms with Gasteiger partial charge in [-0.3, -0.25) is 10.1 Å². The van der Waals surface area contributed by atoms with E-state index in [2.05, 4.69) is 20.8 Å². The zero-order chi connectivity index (χ0) is 21.3. The lowest BCUT2D eigenvalue weighted by molar-refractivity contribution is -0.384. The zero-order valence-electron chi connectivity index (χ0n) is 17.1. The van der Waals surface area contributed by atoms with Crippen LogP contribution in [0.25, 0.3) is 11.3 Å². The molecular formula is C25H22N2O3. The first-order chi connectivity index (χ1) is 14.3. The number of fused-ring (bicyclic) bond motifs is 1. The maximum absolute atomic E-state index is 11.1. The molecule has 0 aliphatic carbocycles. The van der Waals surface area contributed by atoms with Crippen LogP contribution in [0.4, 0.5) is 11.4 Å². The minimum atomic E-state index is -0.393. The maximum atomic E-state index is 11.1. The van der Waals surface area contributed by atoms with Crippen molar-refractivity contribution in [2.75, 3.05) is 0 Å². The van der Waals surface area contributed by atoms with Crippen molar-refractivity contribution in [1.29, 1.82) is 0 Å². The van der Waals surface area contributed by atoms with Crippen LogP contribution < -0.4 is 0 Å². The van der Waals surface area contributed by atoms with Gasteiger partial charge in [0.25, 0.3) is 5.69 Å². The fraction of sp³-hybridized carbons (Fsp3) is 0.160. The lowest BCUT2D eigenvalue weighted by Crippen LogP contribution is -2.25. The molecule has 5 nitrogen and oxygen atoms in total. The summed E-state index contributed by atoms with van der Waals surface area (Å²) in [6, 6.07) is 24.4. The molecule has 0 radical (unpaired) electrons. The Bertz CT molecular complexity index is 1160. The van der Waals surface area contributed by atoms with Gasteiger partial charge in [0, 0.05) is 28.7 Å². The van der Waals surface area contributed by atoms with E-state index in [0.717, 1.165) is 28.0 Å². The second kappa shape index (κ2) is 7.59. The highest BCUT2D eigenvalue weighted by Gasteiger charge is 2.30. The van der Waals surface area contributed by atoms with Crippen LogP contribution >= 0.6 is 0 Å². The summed E-state index contributed by atoms with van der Waals surface area (Å²) in [4.78, 5) is 15.5. The quantitative estimate of drug-likeness (QED) is 0.368. The van der Waals surface area contributed by atoms with Crippen molar-refractivity contribution in [2.24, 2.45) is 10.4 Å². The maximum Gasteiger partial charge on any atom is 0.269 e. The van der Waals surface area contributed by atoms with Gasteiger partial charge in [-0.15, -0.1) is 0 Å². The third kappa shape index (κ3) is 3.74. The molecule has 0 spiro atoms. The van der Waals surface area contributed by atoms with Crippen molar-refractivity contribution in [1.82, 2.24) is 0 Å². The lowest BCUT2D eigenvalue weighted by Gasteiger charge is -2.29. The van der Waals surface area contributed by atoms with Crippen LogP contribution in [-0.4, -0.2) is 10.8 Å². The second-order valence-electron chi connectivity index (χ2n) is 8.16. The van der Waals surface area contributed by atoms with Crippen LogP contribution in [-0.2, 0) is 4.74 Å². The molecule has 0 bridgehead atoms. The molecule has 3 aromatic rings. The third-order valence-electron chi connectivity index (χ3n) is 4.87. The number of rotatable bonds is 3. The molecule has 150 valence electrons. The summed E-state index contributed by atoms with van der Waals surface area (Å²) in [6.07, 6.45) is 0. The summed E-state index contributed by atoms with van der Waals surface area (Å²) < 4.78 is 6.42. The molecule has 30 heavy (non-hydrogen) atoms. The highest BCUT2D eigenvalue weighted by atomic mass is 16.6. The van der Waals surface area contributed by atoms with Gasteiger partial charge in [-0.1, -0.05) is 63.2 Å². The van der Waals surface area contributed by atoms with E-state index < -0.39 is 4.92 Å². The molecule has 0 saturated carbocycles. The van der Waals surface area contributed by atoms with Gasteiger partial charge in [0.15, 0.2) is 0 Å². The van der Waals surface area contributed by atoms with Crippen molar-refractivity contribution < 1.29 is 9.66 Å². The Morgan fingerprint density at radius 3 is 2.10 bits per heavy atom. The second-order valence-corrected chi connectivity index (χ2v) is 8.16. The van der Waals surface area contributed by atoms with Crippen molar-refractivity contribution in [3.63, 3.8) is 0 Å². The minimum Gasteiger partial charge on any atom is -0.441 e. The number of benzene rings is 3. The molecule has 3 aromatic carbocycles. The Hall–Kier alpha value is -3.73. The number of ether oxygens (including phenoxy) is 1. The van der Waals surface area contributed by atoms with E-state index in [0.29, 0.717) is 11.7 Å². The Morgan fingerprint density at radius 2 is 1.47 bits per heavy atom. The number of hydrogen-bond acceptors (Lipinski definition) is 4. The van der Waals surface area contributed by atoms with E-state index in [1.54, 1.807) is 12.1 Å². The van der Waals surface area contributed by atoms with Crippen molar-refractivity contribution in [3.05, 3.63) is 106 Å². The largest absolute Gasteiger partial charge is 0.441 e. The van der Waals surface area contributed by atoms with Gasteiger partial charge in [0.1, 0.15) is 5.76 Å². The van der Waals surface area contributed by atoms with Crippen LogP contribution in [0, 0.1) is 15.5 Å². The standard InChI is InChI=1S/C25H22N2O3/c1-25(2,3)24-26-21-12-8-7-11-20(21)23(30-24)22(17-9-5-4-6-10-17)18-13-15-19(16-14-18)27(28)29/h4-16H,1-3H3/b23-22+. The summed E-state index contributed by atoms with van der Waals surface area (Å²) in [5.74, 6) is 1.33. The summed E-state index contributed by atoms with van der Waals surface area (Å²) in [5.41, 5.74) is 4.18. The van der Waals surface area contributed by atoms with Gasteiger partial charge >= 0.3 is 0 Å². The molecule has 0 aromatic heterocycles. The fourth-order valence-electron chi connectivity index (χ4n) is 3.34. The average molecular weight is 398 g/mol. The van der Waals surface area contributed by atoms with Crippen LogP contribution in [0.5, 0.6) is 0 Å². The van der Waals surface area contributed by atoms with Gasteiger partial charge < -0.3 is 4.74 Å². The first kappa shape index (κ1) is 19.6. The third-order valence-corrected chi connectivity index (χ3v) is 4.87. The number of para-hydroxylation sites is 1. The van der Waals surface area contributed by atoms with E-state index in [1.807, 2.05) is 54.6 Å². The Kier molecular flexibility index (Phi) is 4.96. The van der Waals surface area contributed by atoms with E-state index in [9.17, 15) is 10.1 Å². The minimum absolute atomic E-state index is 0.0538. The molecule has 0 unspecified atom stereocenters. The van der Waals surface area contributed by atoms with Gasteiger partial charge in [-0.05, 0) is 35.4 Å². The number of aliphatic imine (C=N–C) groups is 1. The van der Waals surface area contributed by atoms with Gasteiger partial charge in [-0.2, -0.15) is 0 Å². The van der Waals surface area contributed by atoms with E-state index >= 15 is 0 Å². The van der Waals surface area contributed by atoms with E-state index in [1.165, 1.54) is 12.1 Å². The van der Waals surface area contributed by atoms with Crippen molar-refractivity contribution in [3.8, 4) is 0 Å². The molecule has 1 heterocycles. The SMILES string of the molecule is CC(C)(C)C1=Nc2ccccc2/C(=C(/c2ccccc2)c2ccc([N+](=O)[O-])cc2)O1. The zero-order valence-corrected chi connectivity index (χ0v) is 17.1. The highest BCUT2D eigenvalue weighted by molar-refractivity contribution is 6.04. The summed E-state index contributed by atoms with van der Waals surface area (Å²) >= 11 is 0. The van der Waals surface area contributed by atoms with E-state index in [-0.39, 0.29) is 11.1 Å². The first-order valence-corrected chi connectivity index (χ1v) is 9.75. The van der Waals surface area contributed by atoms with Crippen LogP contribution in [0.3, 0.4) is 0 Å². The normalized spacial score (nSPS) is 15.0. The van der Waals surface area contributed by atoms with Crippen molar-refractivity contribution >= 4 is 28.6 Å². The predicted octanol–water partition coefficient (Wildman–Crippen LogP) is 6.62. The molecule has 1 aliphatic rings. The number of non-ortho nitro benzene ring substituents is 1. The number of nitro benzene ring substituents is 1. The number of nitrogens with zero attached hydrogens (tertiary/aromatic N) is 2. The first-order valence-electron chi connectivity index (χ1n) is 9.75. The number of nitro groups is 1. The Balaban J connectivity index is 2.00. The fourth-order valence-corrected chi connectivity index (χ4v) is 3.34. The number of hydrogen-bond donors (Lipinski definition) is 0. The summed E-state index contributed by atoms with van der Waals surface area (Å²) in [6.45, 7) is 6.18. The lowest BCUT2D eigenvalue weighted by atomic mass is 9.91. The molecule has 1 aliphatic heterocycles.